The number of benzene rings is 3. The van der Waals surface area contributed by atoms with Gasteiger partial charge in [0, 0.05) is 16.5 Å². The monoisotopic (exact) mass is 384 g/mol. The Labute approximate surface area is 162 Å². The zero-order valence-electron chi connectivity index (χ0n) is 14.2. The van der Waals surface area contributed by atoms with Crippen LogP contribution in [0.3, 0.4) is 0 Å². The van der Waals surface area contributed by atoms with E-state index in [1.807, 2.05) is 73.7 Å². The molecule has 1 atom stereocenters. The van der Waals surface area contributed by atoms with E-state index in [0.29, 0.717) is 5.69 Å². The molecule has 0 aromatic heterocycles. The Balaban J connectivity index is 1.47. The molecule has 2 amide bonds. The van der Waals surface area contributed by atoms with E-state index in [-0.39, 0.29) is 11.4 Å². The fraction of sp³-hybridized carbons (Fsp3) is 0.190. The first-order valence-electron chi connectivity index (χ1n) is 8.43. The fourth-order valence-electron chi connectivity index (χ4n) is 3.25. The first-order valence-corrected chi connectivity index (χ1v) is 9.19. The maximum Gasteiger partial charge on any atom is 0.323 e. The maximum atomic E-state index is 12.4. The lowest BCUT2D eigenvalue weighted by atomic mass is 9.98. The average Bonchev–Trinajstić information content (AvgIpc) is 3.15. The van der Waals surface area contributed by atoms with Crippen LogP contribution in [-0.4, -0.2) is 10.4 Å². The lowest BCUT2D eigenvalue weighted by Gasteiger charge is -2.14. The average molecular weight is 385 g/mol. The van der Waals surface area contributed by atoms with Gasteiger partial charge in [0.2, 0.25) is 0 Å². The zero-order valence-corrected chi connectivity index (χ0v) is 15.7. The Morgan fingerprint density at radius 1 is 0.923 bits per heavy atom. The third-order valence-electron chi connectivity index (χ3n) is 5.08. The first-order chi connectivity index (χ1) is 12.4. The quantitative estimate of drug-likeness (QED) is 0.509. The number of carbonyl (C=O) groups is 1. The number of anilines is 2. The number of halogens is 2. The SMILES string of the molecule is CC1(c2ccc(NC(=O)Nc3cccc4ccccc34)cc2)CC1(Cl)Cl. The van der Waals surface area contributed by atoms with Crippen molar-refractivity contribution in [2.75, 3.05) is 10.6 Å². The molecule has 132 valence electrons. The van der Waals surface area contributed by atoms with Crippen LogP contribution in [-0.2, 0) is 5.41 Å². The summed E-state index contributed by atoms with van der Waals surface area (Å²) >= 11 is 12.5. The first kappa shape index (κ1) is 17.2. The van der Waals surface area contributed by atoms with Gasteiger partial charge in [0.25, 0.3) is 0 Å². The summed E-state index contributed by atoms with van der Waals surface area (Å²) in [5.41, 5.74) is 2.34. The Morgan fingerprint density at radius 3 is 2.27 bits per heavy atom. The van der Waals surface area contributed by atoms with Crippen molar-refractivity contribution in [2.45, 2.75) is 23.1 Å². The van der Waals surface area contributed by atoms with Gasteiger partial charge >= 0.3 is 6.03 Å². The predicted molar refractivity (Wildman–Crippen MR) is 109 cm³/mol. The van der Waals surface area contributed by atoms with Crippen LogP contribution in [0.4, 0.5) is 16.2 Å². The van der Waals surface area contributed by atoms with E-state index in [2.05, 4.69) is 10.6 Å². The lowest BCUT2D eigenvalue weighted by Crippen LogP contribution is -2.19. The highest BCUT2D eigenvalue weighted by molar-refractivity contribution is 6.52. The summed E-state index contributed by atoms with van der Waals surface area (Å²) in [6.07, 6.45) is 0.734. The van der Waals surface area contributed by atoms with Gasteiger partial charge in [-0.15, -0.1) is 23.2 Å². The molecule has 1 unspecified atom stereocenters. The molecule has 1 fully saturated rings. The minimum absolute atomic E-state index is 0.222. The van der Waals surface area contributed by atoms with Crippen molar-refractivity contribution in [3.63, 3.8) is 0 Å². The fourth-order valence-corrected chi connectivity index (χ4v) is 4.01. The topological polar surface area (TPSA) is 41.1 Å². The largest absolute Gasteiger partial charge is 0.323 e. The maximum absolute atomic E-state index is 12.4. The smallest absolute Gasteiger partial charge is 0.308 e. The number of amides is 2. The summed E-state index contributed by atoms with van der Waals surface area (Å²) in [6.45, 7) is 2.04. The molecule has 0 radical (unpaired) electrons. The molecule has 26 heavy (non-hydrogen) atoms. The van der Waals surface area contributed by atoms with Crippen LogP contribution >= 0.6 is 23.2 Å². The van der Waals surface area contributed by atoms with E-state index < -0.39 is 4.33 Å². The second-order valence-electron chi connectivity index (χ2n) is 6.90. The number of hydrogen-bond donors (Lipinski definition) is 2. The summed E-state index contributed by atoms with van der Waals surface area (Å²) in [7, 11) is 0. The minimum Gasteiger partial charge on any atom is -0.308 e. The van der Waals surface area contributed by atoms with E-state index in [9.17, 15) is 4.79 Å². The van der Waals surface area contributed by atoms with Crippen LogP contribution in [0.15, 0.2) is 66.7 Å². The molecule has 4 rings (SSSR count). The van der Waals surface area contributed by atoms with Crippen LogP contribution in [0, 0.1) is 0 Å². The Bertz CT molecular complexity index is 979. The number of nitrogens with one attached hydrogen (secondary N) is 2. The van der Waals surface area contributed by atoms with Crippen molar-refractivity contribution < 1.29 is 4.79 Å². The van der Waals surface area contributed by atoms with Crippen LogP contribution in [0.2, 0.25) is 0 Å². The van der Waals surface area contributed by atoms with Crippen molar-refractivity contribution in [3.05, 3.63) is 72.3 Å². The Hall–Kier alpha value is -2.23. The molecule has 5 heteroatoms. The highest BCUT2D eigenvalue weighted by Gasteiger charge is 2.63. The van der Waals surface area contributed by atoms with Crippen LogP contribution in [0.25, 0.3) is 10.8 Å². The molecule has 0 spiro atoms. The van der Waals surface area contributed by atoms with E-state index in [4.69, 9.17) is 23.2 Å². The third-order valence-corrected chi connectivity index (χ3v) is 6.18. The van der Waals surface area contributed by atoms with Crippen LogP contribution in [0.5, 0.6) is 0 Å². The van der Waals surface area contributed by atoms with Gasteiger partial charge in [-0.2, -0.15) is 0 Å². The zero-order chi connectivity index (χ0) is 18.4. The van der Waals surface area contributed by atoms with Crippen LogP contribution in [0.1, 0.15) is 18.9 Å². The molecule has 1 aliphatic rings. The number of urea groups is 1. The molecule has 1 saturated carbocycles. The number of hydrogen-bond acceptors (Lipinski definition) is 1. The van der Waals surface area contributed by atoms with Gasteiger partial charge in [-0.3, -0.25) is 0 Å². The van der Waals surface area contributed by atoms with E-state index in [0.717, 1.165) is 28.4 Å². The summed E-state index contributed by atoms with van der Waals surface area (Å²) in [5, 5.41) is 7.85. The molecule has 3 aromatic carbocycles. The second-order valence-corrected chi connectivity index (χ2v) is 8.38. The van der Waals surface area contributed by atoms with Gasteiger partial charge in [-0.05, 0) is 35.6 Å². The molecule has 2 N–H and O–H groups in total. The minimum atomic E-state index is -0.701. The number of fused-ring (bicyclic) bond motifs is 1. The molecule has 0 bridgehead atoms. The Morgan fingerprint density at radius 2 is 1.58 bits per heavy atom. The van der Waals surface area contributed by atoms with E-state index in [1.54, 1.807) is 0 Å². The number of alkyl halides is 2. The highest BCUT2D eigenvalue weighted by atomic mass is 35.5. The van der Waals surface area contributed by atoms with E-state index >= 15 is 0 Å². The van der Waals surface area contributed by atoms with Gasteiger partial charge < -0.3 is 10.6 Å². The summed E-state index contributed by atoms with van der Waals surface area (Å²) in [6, 6.07) is 21.1. The van der Waals surface area contributed by atoms with Gasteiger partial charge in [-0.1, -0.05) is 55.5 Å². The van der Waals surface area contributed by atoms with Crippen LogP contribution < -0.4 is 10.6 Å². The molecular weight excluding hydrogens is 367 g/mol. The highest BCUT2D eigenvalue weighted by Crippen LogP contribution is 2.64. The van der Waals surface area contributed by atoms with Crippen molar-refractivity contribution in [2.24, 2.45) is 0 Å². The van der Waals surface area contributed by atoms with Gasteiger partial charge in [0.1, 0.15) is 4.33 Å². The Kier molecular flexibility index (Phi) is 4.09. The molecule has 0 aliphatic heterocycles. The summed E-state index contributed by atoms with van der Waals surface area (Å²) in [5.74, 6) is 0. The third kappa shape index (κ3) is 3.02. The summed E-state index contributed by atoms with van der Waals surface area (Å²) in [4.78, 5) is 12.4. The number of rotatable bonds is 3. The number of carbonyl (C=O) groups excluding carboxylic acids is 1. The second kappa shape index (κ2) is 6.19. The molecule has 0 heterocycles. The molecular formula is C21H18Cl2N2O. The molecule has 1 aliphatic carbocycles. The van der Waals surface area contributed by atoms with Crippen molar-refractivity contribution in [3.8, 4) is 0 Å². The van der Waals surface area contributed by atoms with Gasteiger partial charge in [-0.25, -0.2) is 4.79 Å². The van der Waals surface area contributed by atoms with Crippen molar-refractivity contribution in [1.82, 2.24) is 0 Å². The van der Waals surface area contributed by atoms with Crippen molar-refractivity contribution >= 4 is 51.4 Å². The lowest BCUT2D eigenvalue weighted by molar-refractivity contribution is 0.262. The standard InChI is InChI=1S/C21H18Cl2N2O/c1-20(13-21(20,22)23)15-9-11-16(12-10-15)24-19(26)25-18-8-4-6-14-5-2-3-7-17(14)18/h2-12H,13H2,1H3,(H2,24,25,26). The molecule has 0 saturated heterocycles. The van der Waals surface area contributed by atoms with E-state index in [1.165, 1.54) is 0 Å². The molecule has 3 aromatic rings. The molecule has 3 nitrogen and oxygen atoms in total. The van der Waals surface area contributed by atoms with Crippen molar-refractivity contribution in [1.29, 1.82) is 0 Å². The van der Waals surface area contributed by atoms with Gasteiger partial charge in [0.05, 0.1) is 5.69 Å². The normalized spacial score (nSPS) is 20.6. The predicted octanol–water partition coefficient (Wildman–Crippen LogP) is 6.32. The summed E-state index contributed by atoms with van der Waals surface area (Å²) < 4.78 is -0.701. The van der Waals surface area contributed by atoms with Gasteiger partial charge in [0.15, 0.2) is 0 Å².